The molecular formula is C32H26N2O6. The van der Waals surface area contributed by atoms with Crippen LogP contribution >= 0.6 is 0 Å². The molecule has 1 N–H and O–H groups in total. The molecule has 5 aromatic rings. The summed E-state index contributed by atoms with van der Waals surface area (Å²) < 4.78 is 15.4. The number of para-hydroxylation sites is 1. The third kappa shape index (κ3) is 5.76. The standard InChI is InChI=1S/C32H26N2O6/c1-38-25-14-13-22-15-24(12-11-23(22)16-25)29-17-27(26-5-3-4-6-28(26)34-29)32(37)40-19-30(35)33-18-20-7-9-21(10-8-20)31(36)39-2/h3-17H,18-19H2,1-2H3,(H,33,35). The van der Waals surface area contributed by atoms with E-state index in [-0.39, 0.29) is 6.54 Å². The molecule has 0 saturated heterocycles. The van der Waals surface area contributed by atoms with Gasteiger partial charge in [0.1, 0.15) is 5.75 Å². The predicted molar refractivity (Wildman–Crippen MR) is 151 cm³/mol. The first-order valence-electron chi connectivity index (χ1n) is 12.5. The maximum atomic E-state index is 13.1. The molecule has 0 atom stereocenters. The molecular weight excluding hydrogens is 508 g/mol. The number of pyridine rings is 1. The number of methoxy groups -OCH3 is 2. The molecule has 0 saturated carbocycles. The molecule has 40 heavy (non-hydrogen) atoms. The number of rotatable bonds is 8. The van der Waals surface area contributed by atoms with E-state index in [1.807, 2.05) is 54.6 Å². The Labute approximate surface area is 230 Å². The van der Waals surface area contributed by atoms with Gasteiger partial charge in [-0.1, -0.05) is 48.5 Å². The van der Waals surface area contributed by atoms with Crippen LogP contribution in [0.2, 0.25) is 0 Å². The molecule has 1 heterocycles. The zero-order valence-electron chi connectivity index (χ0n) is 22.0. The van der Waals surface area contributed by atoms with Crippen LogP contribution in [0.15, 0.2) is 91.0 Å². The van der Waals surface area contributed by atoms with Gasteiger partial charge in [0.15, 0.2) is 6.61 Å². The Hall–Kier alpha value is -5.24. The van der Waals surface area contributed by atoms with Crippen molar-refractivity contribution in [1.82, 2.24) is 10.3 Å². The summed E-state index contributed by atoms with van der Waals surface area (Å²) >= 11 is 0. The van der Waals surface area contributed by atoms with Crippen molar-refractivity contribution in [3.05, 3.63) is 108 Å². The first-order chi connectivity index (χ1) is 19.4. The van der Waals surface area contributed by atoms with Gasteiger partial charge in [0.2, 0.25) is 0 Å². The average Bonchev–Trinajstić information content (AvgIpc) is 3.01. The lowest BCUT2D eigenvalue weighted by Crippen LogP contribution is -2.28. The molecule has 1 aromatic heterocycles. The Kier molecular flexibility index (Phi) is 7.68. The number of fused-ring (bicyclic) bond motifs is 2. The number of carbonyl (C=O) groups excluding carboxylic acids is 3. The van der Waals surface area contributed by atoms with Crippen LogP contribution in [0, 0.1) is 0 Å². The zero-order valence-corrected chi connectivity index (χ0v) is 22.0. The Bertz CT molecular complexity index is 1730. The quantitative estimate of drug-likeness (QED) is 0.269. The lowest BCUT2D eigenvalue weighted by molar-refractivity contribution is -0.124. The fraction of sp³-hybridized carbons (Fsp3) is 0.125. The van der Waals surface area contributed by atoms with Crippen LogP contribution in [0.1, 0.15) is 26.3 Å². The van der Waals surface area contributed by atoms with Gasteiger partial charge in [-0.15, -0.1) is 0 Å². The Morgan fingerprint density at radius 3 is 2.33 bits per heavy atom. The van der Waals surface area contributed by atoms with E-state index in [1.54, 1.807) is 43.5 Å². The highest BCUT2D eigenvalue weighted by atomic mass is 16.5. The van der Waals surface area contributed by atoms with E-state index < -0.39 is 24.5 Å². The molecule has 8 nitrogen and oxygen atoms in total. The third-order valence-electron chi connectivity index (χ3n) is 6.48. The van der Waals surface area contributed by atoms with Gasteiger partial charge in [-0.05, 0) is 58.8 Å². The molecule has 200 valence electrons. The van der Waals surface area contributed by atoms with E-state index in [0.717, 1.165) is 27.6 Å². The maximum Gasteiger partial charge on any atom is 0.339 e. The van der Waals surface area contributed by atoms with E-state index in [2.05, 4.69) is 10.1 Å². The average molecular weight is 535 g/mol. The number of aromatic nitrogens is 1. The third-order valence-corrected chi connectivity index (χ3v) is 6.48. The summed E-state index contributed by atoms with van der Waals surface area (Å²) in [6.07, 6.45) is 0. The predicted octanol–water partition coefficient (Wildman–Crippen LogP) is 5.32. The summed E-state index contributed by atoms with van der Waals surface area (Å²) in [5.41, 5.74) is 3.62. The summed E-state index contributed by atoms with van der Waals surface area (Å²) in [5, 5.41) is 5.38. The monoisotopic (exact) mass is 534 g/mol. The van der Waals surface area contributed by atoms with Crippen LogP contribution in [-0.2, 0) is 20.8 Å². The first kappa shape index (κ1) is 26.4. The fourth-order valence-corrected chi connectivity index (χ4v) is 4.34. The number of nitrogens with one attached hydrogen (secondary N) is 1. The van der Waals surface area contributed by atoms with Crippen LogP contribution in [0.3, 0.4) is 0 Å². The van der Waals surface area contributed by atoms with Crippen LogP contribution in [-0.4, -0.2) is 43.7 Å². The molecule has 0 aliphatic carbocycles. The number of carbonyl (C=O) groups is 3. The summed E-state index contributed by atoms with van der Waals surface area (Å²) in [5.74, 6) is -0.734. The van der Waals surface area contributed by atoms with Crippen molar-refractivity contribution in [2.24, 2.45) is 0 Å². The topological polar surface area (TPSA) is 104 Å². The molecule has 0 bridgehead atoms. The first-order valence-corrected chi connectivity index (χ1v) is 12.5. The number of esters is 2. The van der Waals surface area contributed by atoms with Gasteiger partial charge in [-0.25, -0.2) is 14.6 Å². The minimum absolute atomic E-state index is 0.216. The largest absolute Gasteiger partial charge is 0.497 e. The maximum absolute atomic E-state index is 13.1. The minimum atomic E-state index is -0.622. The highest BCUT2D eigenvalue weighted by molar-refractivity contribution is 6.05. The van der Waals surface area contributed by atoms with Crippen molar-refractivity contribution < 1.29 is 28.6 Å². The van der Waals surface area contributed by atoms with Gasteiger partial charge >= 0.3 is 11.9 Å². The lowest BCUT2D eigenvalue weighted by Gasteiger charge is -2.11. The molecule has 8 heteroatoms. The number of amides is 1. The van der Waals surface area contributed by atoms with Crippen LogP contribution < -0.4 is 10.1 Å². The van der Waals surface area contributed by atoms with Crippen LogP contribution in [0.25, 0.3) is 32.9 Å². The van der Waals surface area contributed by atoms with Crippen molar-refractivity contribution in [2.45, 2.75) is 6.54 Å². The van der Waals surface area contributed by atoms with Crippen LogP contribution in [0.5, 0.6) is 5.75 Å². The summed E-state index contributed by atoms with van der Waals surface area (Å²) in [6.45, 7) is -0.225. The number of benzene rings is 4. The molecule has 0 radical (unpaired) electrons. The number of ether oxygens (including phenoxy) is 3. The Morgan fingerprint density at radius 1 is 0.800 bits per heavy atom. The van der Waals surface area contributed by atoms with Crippen molar-refractivity contribution in [2.75, 3.05) is 20.8 Å². The molecule has 0 spiro atoms. The Balaban J connectivity index is 1.31. The van der Waals surface area contributed by atoms with Gasteiger partial charge in [0, 0.05) is 17.5 Å². The van der Waals surface area contributed by atoms with E-state index >= 15 is 0 Å². The van der Waals surface area contributed by atoms with E-state index in [9.17, 15) is 14.4 Å². The molecule has 5 rings (SSSR count). The second-order valence-electron chi connectivity index (χ2n) is 9.04. The molecule has 0 aliphatic rings. The summed E-state index contributed by atoms with van der Waals surface area (Å²) in [7, 11) is 2.94. The fourth-order valence-electron chi connectivity index (χ4n) is 4.34. The number of hydrogen-bond acceptors (Lipinski definition) is 7. The van der Waals surface area contributed by atoms with E-state index in [1.165, 1.54) is 7.11 Å². The van der Waals surface area contributed by atoms with Crippen molar-refractivity contribution >= 4 is 39.5 Å². The smallest absolute Gasteiger partial charge is 0.339 e. The molecule has 0 unspecified atom stereocenters. The molecule has 0 fully saturated rings. The molecule has 4 aromatic carbocycles. The second-order valence-corrected chi connectivity index (χ2v) is 9.04. The van der Waals surface area contributed by atoms with Gasteiger partial charge < -0.3 is 19.5 Å². The number of nitrogens with zero attached hydrogens (tertiary/aromatic N) is 1. The van der Waals surface area contributed by atoms with Gasteiger partial charge in [-0.2, -0.15) is 0 Å². The van der Waals surface area contributed by atoms with Gasteiger partial charge in [0.25, 0.3) is 5.91 Å². The van der Waals surface area contributed by atoms with Gasteiger partial charge in [-0.3, -0.25) is 4.79 Å². The highest BCUT2D eigenvalue weighted by Crippen LogP contribution is 2.29. The van der Waals surface area contributed by atoms with Crippen molar-refractivity contribution in [3.8, 4) is 17.0 Å². The highest BCUT2D eigenvalue weighted by Gasteiger charge is 2.17. The van der Waals surface area contributed by atoms with E-state index in [4.69, 9.17) is 14.5 Å². The molecule has 1 amide bonds. The SMILES string of the molecule is COC(=O)c1ccc(CNC(=O)COC(=O)c2cc(-c3ccc4cc(OC)ccc4c3)nc3ccccc23)cc1. The van der Waals surface area contributed by atoms with Crippen LogP contribution in [0.4, 0.5) is 0 Å². The summed E-state index contributed by atoms with van der Waals surface area (Å²) in [4.78, 5) is 41.9. The zero-order chi connectivity index (χ0) is 28.1. The number of hydrogen-bond donors (Lipinski definition) is 1. The molecule has 0 aliphatic heterocycles. The minimum Gasteiger partial charge on any atom is -0.497 e. The van der Waals surface area contributed by atoms with Crippen molar-refractivity contribution in [3.63, 3.8) is 0 Å². The summed E-state index contributed by atoms with van der Waals surface area (Å²) in [6, 6.07) is 27.4. The van der Waals surface area contributed by atoms with Gasteiger partial charge in [0.05, 0.1) is 36.6 Å². The van der Waals surface area contributed by atoms with Crippen molar-refractivity contribution in [1.29, 1.82) is 0 Å². The lowest BCUT2D eigenvalue weighted by atomic mass is 10.0. The Morgan fingerprint density at radius 2 is 1.55 bits per heavy atom. The second kappa shape index (κ2) is 11.7. The van der Waals surface area contributed by atoms with E-state index in [0.29, 0.717) is 27.7 Å². The normalized spacial score (nSPS) is 10.8.